The molecule has 0 bridgehead atoms. The minimum atomic E-state index is -0.713. The van der Waals surface area contributed by atoms with Crippen LogP contribution >= 0.6 is 0 Å². The molecule has 0 unspecified atom stereocenters. The summed E-state index contributed by atoms with van der Waals surface area (Å²) in [6, 6.07) is 0. The van der Waals surface area contributed by atoms with Gasteiger partial charge in [0.2, 0.25) is 0 Å². The molecule has 0 aliphatic carbocycles. The van der Waals surface area contributed by atoms with Crippen molar-refractivity contribution in [3.63, 3.8) is 0 Å². The maximum Gasteiger partial charge on any atom is 0.404 e. The van der Waals surface area contributed by atoms with Crippen molar-refractivity contribution in [2.75, 3.05) is 0 Å². The quantitative estimate of drug-likeness (QED) is 0.595. The summed E-state index contributed by atoms with van der Waals surface area (Å²) in [6.45, 7) is 7.48. The average molecular weight is 135 g/mol. The first-order valence-electron chi connectivity index (χ1n) is 3.09. The van der Waals surface area contributed by atoms with Crippen LogP contribution in [0.25, 0.3) is 0 Å². The number of primary amides is 1. The third-order valence-corrected chi connectivity index (χ3v) is 0.352. The van der Waals surface area contributed by atoms with E-state index in [1.54, 1.807) is 13.8 Å². The fourth-order valence-electron chi connectivity index (χ4n) is 0.232. The lowest BCUT2D eigenvalue weighted by molar-refractivity contribution is 0.125. The minimum Gasteiger partial charge on any atom is -0.447 e. The monoisotopic (exact) mass is 135 g/mol. The lowest BCUT2D eigenvalue weighted by atomic mass is 10.5. The highest BCUT2D eigenvalue weighted by atomic mass is 16.6. The Bertz CT molecular complexity index is 76.1. The summed E-state index contributed by atoms with van der Waals surface area (Å²) < 4.78 is 4.39. The van der Waals surface area contributed by atoms with Crippen molar-refractivity contribution in [2.24, 2.45) is 5.73 Å². The van der Waals surface area contributed by atoms with Crippen LogP contribution in [0.2, 0.25) is 0 Å². The van der Waals surface area contributed by atoms with Crippen molar-refractivity contribution in [3.8, 4) is 0 Å². The van der Waals surface area contributed by atoms with E-state index in [0.717, 1.165) is 0 Å². The smallest absolute Gasteiger partial charge is 0.404 e. The van der Waals surface area contributed by atoms with E-state index in [4.69, 9.17) is 0 Å². The number of carbonyl (C=O) groups excluding carboxylic acids is 1. The number of carbonyl (C=O) groups is 1. The van der Waals surface area contributed by atoms with Crippen molar-refractivity contribution in [1.29, 1.82) is 0 Å². The third-order valence-electron chi connectivity index (χ3n) is 0.352. The fraction of sp³-hybridized carbons (Fsp3) is 0.833. The summed E-state index contributed by atoms with van der Waals surface area (Å²) in [6.07, 6.45) is -0.813. The predicted molar refractivity (Wildman–Crippen MR) is 39.3 cm³/mol. The molecule has 0 saturated heterocycles. The summed E-state index contributed by atoms with van der Waals surface area (Å²) in [5, 5.41) is 0. The molecule has 3 heteroatoms. The molecule has 0 saturated carbocycles. The third kappa shape index (κ3) is 18.9. The summed E-state index contributed by atoms with van der Waals surface area (Å²) >= 11 is 0. The molecule has 0 atom stereocenters. The van der Waals surface area contributed by atoms with Gasteiger partial charge in [-0.05, 0) is 13.8 Å². The van der Waals surface area contributed by atoms with E-state index in [0.29, 0.717) is 0 Å². The Labute approximate surface area is 57.7 Å². The molecule has 58 valence electrons. The molecule has 0 fully saturated rings. The van der Waals surface area contributed by atoms with Gasteiger partial charge in [0.05, 0.1) is 6.10 Å². The van der Waals surface area contributed by atoms with Crippen molar-refractivity contribution in [2.45, 2.75) is 33.8 Å². The van der Waals surface area contributed by atoms with Gasteiger partial charge in [-0.3, -0.25) is 0 Å². The summed E-state index contributed by atoms with van der Waals surface area (Å²) in [5.41, 5.74) is 4.63. The molecular weight excluding hydrogens is 118 g/mol. The zero-order chi connectivity index (χ0) is 7.86. The van der Waals surface area contributed by atoms with Gasteiger partial charge in [-0.1, -0.05) is 13.8 Å². The first-order chi connectivity index (χ1) is 4.13. The van der Waals surface area contributed by atoms with Gasteiger partial charge in [0.25, 0.3) is 0 Å². The van der Waals surface area contributed by atoms with E-state index >= 15 is 0 Å². The van der Waals surface area contributed by atoms with E-state index in [1.165, 1.54) is 0 Å². The fourth-order valence-corrected chi connectivity index (χ4v) is 0.232. The minimum absolute atomic E-state index is 0. The first kappa shape index (κ1) is 11.1. The molecule has 1 amide bonds. The molecular formula is C6H17NO2. The Morgan fingerprint density at radius 1 is 1.56 bits per heavy atom. The van der Waals surface area contributed by atoms with E-state index < -0.39 is 6.09 Å². The van der Waals surface area contributed by atoms with Crippen molar-refractivity contribution < 1.29 is 11.0 Å². The topological polar surface area (TPSA) is 52.3 Å². The van der Waals surface area contributed by atoms with Crippen LogP contribution in [0.3, 0.4) is 0 Å². The highest BCUT2D eigenvalue weighted by Crippen LogP contribution is 1.83. The standard InChI is InChI=1S/C4H9NO2.C2H6.H2/c1-3(2)7-4(5)6;1-2;/h3H,1-2H3,(H2,5,6);1-2H3;1H. The van der Waals surface area contributed by atoms with Gasteiger partial charge in [-0.15, -0.1) is 0 Å². The van der Waals surface area contributed by atoms with Crippen LogP contribution in [0.4, 0.5) is 4.79 Å². The second-order valence-corrected chi connectivity index (χ2v) is 1.49. The number of hydrogen-bond donors (Lipinski definition) is 1. The van der Waals surface area contributed by atoms with Crippen LogP contribution in [-0.2, 0) is 4.74 Å². The SMILES string of the molecule is CC.CC(C)OC(N)=O.[HH]. The van der Waals surface area contributed by atoms with Gasteiger partial charge >= 0.3 is 6.09 Å². The summed E-state index contributed by atoms with van der Waals surface area (Å²) in [5.74, 6) is 0. The molecule has 9 heavy (non-hydrogen) atoms. The zero-order valence-corrected chi connectivity index (χ0v) is 6.47. The molecule has 0 aromatic heterocycles. The number of nitrogens with two attached hydrogens (primary N) is 1. The lowest BCUT2D eigenvalue weighted by Gasteiger charge is -2.01. The Morgan fingerprint density at radius 2 is 1.89 bits per heavy atom. The highest BCUT2D eigenvalue weighted by Gasteiger charge is 1.94. The number of amides is 1. The van der Waals surface area contributed by atoms with Crippen LogP contribution in [0.1, 0.15) is 29.1 Å². The Kier molecular flexibility index (Phi) is 8.98. The van der Waals surface area contributed by atoms with Gasteiger partial charge < -0.3 is 10.5 Å². The molecule has 3 nitrogen and oxygen atoms in total. The van der Waals surface area contributed by atoms with Crippen molar-refractivity contribution in [3.05, 3.63) is 0 Å². The van der Waals surface area contributed by atoms with Gasteiger partial charge in [0, 0.05) is 1.43 Å². The van der Waals surface area contributed by atoms with Crippen LogP contribution in [-0.4, -0.2) is 12.2 Å². The Morgan fingerprint density at radius 3 is 1.89 bits per heavy atom. The van der Waals surface area contributed by atoms with Gasteiger partial charge in [0.1, 0.15) is 0 Å². The molecule has 0 aliphatic heterocycles. The van der Waals surface area contributed by atoms with E-state index in [9.17, 15) is 4.79 Å². The highest BCUT2D eigenvalue weighted by molar-refractivity contribution is 5.64. The van der Waals surface area contributed by atoms with Crippen LogP contribution in [0.15, 0.2) is 0 Å². The number of rotatable bonds is 1. The number of ether oxygens (including phenoxy) is 1. The van der Waals surface area contributed by atoms with E-state index in [2.05, 4.69) is 10.5 Å². The molecule has 2 N–H and O–H groups in total. The Balaban J connectivity index is -0.000000149. The van der Waals surface area contributed by atoms with Gasteiger partial charge in [-0.25, -0.2) is 4.79 Å². The summed E-state index contributed by atoms with van der Waals surface area (Å²) in [7, 11) is 0. The molecule has 0 aromatic rings. The lowest BCUT2D eigenvalue weighted by Crippen LogP contribution is -2.17. The zero-order valence-electron chi connectivity index (χ0n) is 6.47. The largest absolute Gasteiger partial charge is 0.447 e. The molecule has 0 aliphatic rings. The Hall–Kier alpha value is -0.730. The van der Waals surface area contributed by atoms with Crippen LogP contribution in [0, 0.1) is 0 Å². The molecule has 0 spiro atoms. The maximum absolute atomic E-state index is 9.81. The molecule has 0 rings (SSSR count). The number of hydrogen-bond acceptors (Lipinski definition) is 2. The summed E-state index contributed by atoms with van der Waals surface area (Å²) in [4.78, 5) is 9.81. The van der Waals surface area contributed by atoms with Crippen LogP contribution in [0.5, 0.6) is 0 Å². The average Bonchev–Trinajstić information content (AvgIpc) is 1.68. The van der Waals surface area contributed by atoms with Gasteiger partial charge in [0.15, 0.2) is 0 Å². The van der Waals surface area contributed by atoms with Crippen molar-refractivity contribution in [1.82, 2.24) is 0 Å². The molecule has 0 aromatic carbocycles. The van der Waals surface area contributed by atoms with Crippen molar-refractivity contribution >= 4 is 6.09 Å². The van der Waals surface area contributed by atoms with E-state index in [1.807, 2.05) is 13.8 Å². The van der Waals surface area contributed by atoms with E-state index in [-0.39, 0.29) is 7.53 Å². The van der Waals surface area contributed by atoms with Crippen LogP contribution < -0.4 is 5.73 Å². The normalized spacial score (nSPS) is 7.67. The first-order valence-corrected chi connectivity index (χ1v) is 3.09. The second-order valence-electron chi connectivity index (χ2n) is 1.49. The van der Waals surface area contributed by atoms with Gasteiger partial charge in [-0.2, -0.15) is 0 Å². The molecule has 0 radical (unpaired) electrons. The second kappa shape index (κ2) is 7.27. The maximum atomic E-state index is 9.81. The molecule has 0 heterocycles. The predicted octanol–water partition coefficient (Wildman–Crippen LogP) is 1.76.